The molecule has 6 aromatic carbocycles. The standard InChI is InChI=1S/C37H29F2N/c1-25(2)40(35-18-9-8-17-34(35)38)36-24-30(26-11-4-3-5-12-26)23-33(37(36)39)29-21-19-28(20-22-29)32-16-10-14-27-13-6-7-15-31(27)32/h3-25H,1-2H3. The van der Waals surface area contributed by atoms with Gasteiger partial charge in [-0.3, -0.25) is 0 Å². The first-order chi connectivity index (χ1) is 19.5. The van der Waals surface area contributed by atoms with Crippen molar-refractivity contribution in [2.45, 2.75) is 19.9 Å². The fourth-order valence-electron chi connectivity index (χ4n) is 5.43. The van der Waals surface area contributed by atoms with Gasteiger partial charge in [0.05, 0.1) is 11.4 Å². The largest absolute Gasteiger partial charge is 0.334 e. The van der Waals surface area contributed by atoms with E-state index in [4.69, 9.17) is 0 Å². The predicted octanol–water partition coefficient (Wildman–Crippen LogP) is 10.7. The van der Waals surface area contributed by atoms with Crippen molar-refractivity contribution in [3.63, 3.8) is 0 Å². The SMILES string of the molecule is CC(C)N(c1ccccc1F)c1cc(-c2ccccc2)cc(-c2ccc(-c3cccc4ccccc34)cc2)c1F. The molecule has 40 heavy (non-hydrogen) atoms. The van der Waals surface area contributed by atoms with Crippen LogP contribution in [0.2, 0.25) is 0 Å². The van der Waals surface area contributed by atoms with Crippen LogP contribution in [-0.4, -0.2) is 6.04 Å². The molecule has 6 aromatic rings. The summed E-state index contributed by atoms with van der Waals surface area (Å²) in [6.45, 7) is 3.89. The summed E-state index contributed by atoms with van der Waals surface area (Å²) in [6.07, 6.45) is 0. The molecule has 0 radical (unpaired) electrons. The van der Waals surface area contributed by atoms with Gasteiger partial charge in [-0.05, 0) is 76.7 Å². The first-order valence-corrected chi connectivity index (χ1v) is 13.5. The molecule has 0 amide bonds. The number of anilines is 2. The van der Waals surface area contributed by atoms with Gasteiger partial charge in [-0.2, -0.15) is 0 Å². The molecule has 0 heterocycles. The zero-order chi connectivity index (χ0) is 27.6. The van der Waals surface area contributed by atoms with E-state index >= 15 is 8.78 Å². The first-order valence-electron chi connectivity index (χ1n) is 13.5. The maximum Gasteiger partial charge on any atom is 0.154 e. The van der Waals surface area contributed by atoms with Crippen LogP contribution in [0.1, 0.15) is 13.8 Å². The molecule has 0 unspecified atom stereocenters. The molecule has 196 valence electrons. The second-order valence-electron chi connectivity index (χ2n) is 10.2. The third kappa shape index (κ3) is 4.76. The van der Waals surface area contributed by atoms with E-state index in [1.54, 1.807) is 23.1 Å². The van der Waals surface area contributed by atoms with Crippen molar-refractivity contribution < 1.29 is 8.78 Å². The van der Waals surface area contributed by atoms with Crippen LogP contribution >= 0.6 is 0 Å². The lowest BCUT2D eigenvalue weighted by atomic mass is 9.94. The number of fused-ring (bicyclic) bond motifs is 1. The van der Waals surface area contributed by atoms with E-state index in [0.29, 0.717) is 16.9 Å². The third-order valence-electron chi connectivity index (χ3n) is 7.35. The molecule has 0 saturated carbocycles. The summed E-state index contributed by atoms with van der Waals surface area (Å²) in [5, 5.41) is 2.35. The summed E-state index contributed by atoms with van der Waals surface area (Å²) in [5.74, 6) is -0.767. The van der Waals surface area contributed by atoms with E-state index in [0.717, 1.165) is 27.8 Å². The number of hydrogen-bond donors (Lipinski definition) is 0. The highest BCUT2D eigenvalue weighted by atomic mass is 19.1. The highest BCUT2D eigenvalue weighted by Gasteiger charge is 2.23. The topological polar surface area (TPSA) is 3.24 Å². The van der Waals surface area contributed by atoms with E-state index in [1.165, 1.54) is 16.8 Å². The molecule has 0 aliphatic rings. The van der Waals surface area contributed by atoms with E-state index in [-0.39, 0.29) is 17.7 Å². The Labute approximate surface area is 234 Å². The van der Waals surface area contributed by atoms with E-state index in [2.05, 4.69) is 30.3 Å². The van der Waals surface area contributed by atoms with Gasteiger partial charge in [0, 0.05) is 11.6 Å². The molecule has 0 N–H and O–H groups in total. The van der Waals surface area contributed by atoms with Crippen molar-refractivity contribution in [1.29, 1.82) is 0 Å². The van der Waals surface area contributed by atoms with Crippen molar-refractivity contribution in [2.24, 2.45) is 0 Å². The van der Waals surface area contributed by atoms with Gasteiger partial charge in [-0.25, -0.2) is 8.78 Å². The number of hydrogen-bond acceptors (Lipinski definition) is 1. The molecule has 0 fully saturated rings. The van der Waals surface area contributed by atoms with E-state index in [9.17, 15) is 0 Å². The Morgan fingerprint density at radius 2 is 1.12 bits per heavy atom. The summed E-state index contributed by atoms with van der Waals surface area (Å²) in [5.41, 5.74) is 5.96. The number of rotatable bonds is 6. The lowest BCUT2D eigenvalue weighted by molar-refractivity contribution is 0.604. The summed E-state index contributed by atoms with van der Waals surface area (Å²) >= 11 is 0. The lowest BCUT2D eigenvalue weighted by Gasteiger charge is -2.31. The molecule has 3 heteroatoms. The minimum Gasteiger partial charge on any atom is -0.334 e. The number of para-hydroxylation sites is 1. The third-order valence-corrected chi connectivity index (χ3v) is 7.35. The van der Waals surface area contributed by atoms with Gasteiger partial charge in [0.15, 0.2) is 5.82 Å². The molecular weight excluding hydrogens is 496 g/mol. The molecule has 0 saturated heterocycles. The summed E-state index contributed by atoms with van der Waals surface area (Å²) < 4.78 is 31.6. The minimum absolute atomic E-state index is 0.181. The molecule has 0 spiro atoms. The quantitative estimate of drug-likeness (QED) is 0.209. The molecule has 0 aliphatic heterocycles. The van der Waals surface area contributed by atoms with Gasteiger partial charge in [0.1, 0.15) is 5.82 Å². The zero-order valence-corrected chi connectivity index (χ0v) is 22.5. The van der Waals surface area contributed by atoms with Crippen LogP contribution < -0.4 is 4.90 Å². The van der Waals surface area contributed by atoms with Crippen LogP contribution in [0.4, 0.5) is 20.2 Å². The summed E-state index contributed by atoms with van der Waals surface area (Å²) in [7, 11) is 0. The first kappa shape index (κ1) is 25.5. The van der Waals surface area contributed by atoms with Gasteiger partial charge < -0.3 is 4.90 Å². The molecule has 0 aromatic heterocycles. The predicted molar refractivity (Wildman–Crippen MR) is 164 cm³/mol. The maximum atomic E-state index is 16.5. The summed E-state index contributed by atoms with van der Waals surface area (Å²) in [6, 6.07) is 42.6. The van der Waals surface area contributed by atoms with Crippen LogP contribution in [0.25, 0.3) is 44.2 Å². The fraction of sp³-hybridized carbons (Fsp3) is 0.0811. The van der Waals surface area contributed by atoms with Crippen molar-refractivity contribution in [2.75, 3.05) is 4.90 Å². The van der Waals surface area contributed by atoms with Gasteiger partial charge >= 0.3 is 0 Å². The number of benzene rings is 6. The van der Waals surface area contributed by atoms with Crippen LogP contribution in [0, 0.1) is 11.6 Å². The van der Waals surface area contributed by atoms with Crippen LogP contribution in [0.15, 0.2) is 133 Å². The van der Waals surface area contributed by atoms with Crippen molar-refractivity contribution in [3.8, 4) is 33.4 Å². The Morgan fingerprint density at radius 3 is 1.85 bits per heavy atom. The van der Waals surface area contributed by atoms with Crippen LogP contribution in [0.5, 0.6) is 0 Å². The lowest BCUT2D eigenvalue weighted by Crippen LogP contribution is -2.27. The second-order valence-corrected chi connectivity index (χ2v) is 10.2. The zero-order valence-electron chi connectivity index (χ0n) is 22.5. The molecule has 0 aliphatic carbocycles. The van der Waals surface area contributed by atoms with Crippen molar-refractivity contribution in [3.05, 3.63) is 145 Å². The average Bonchev–Trinajstić information content (AvgIpc) is 2.99. The monoisotopic (exact) mass is 525 g/mol. The Balaban J connectivity index is 1.51. The Bertz CT molecular complexity index is 1780. The Hall–Kier alpha value is -4.76. The van der Waals surface area contributed by atoms with Gasteiger partial charge in [-0.1, -0.05) is 109 Å². The maximum absolute atomic E-state index is 16.5. The van der Waals surface area contributed by atoms with Gasteiger partial charge in [-0.15, -0.1) is 0 Å². The molecular formula is C37H29F2N. The average molecular weight is 526 g/mol. The smallest absolute Gasteiger partial charge is 0.154 e. The normalized spacial score (nSPS) is 11.2. The van der Waals surface area contributed by atoms with Gasteiger partial charge in [0.25, 0.3) is 0 Å². The van der Waals surface area contributed by atoms with E-state index in [1.807, 2.05) is 92.7 Å². The Morgan fingerprint density at radius 1 is 0.500 bits per heavy atom. The van der Waals surface area contributed by atoms with Crippen molar-refractivity contribution >= 4 is 22.1 Å². The Kier molecular flexibility index (Phi) is 6.88. The van der Waals surface area contributed by atoms with Crippen LogP contribution in [0.3, 0.4) is 0 Å². The molecule has 0 bridgehead atoms. The minimum atomic E-state index is -0.387. The van der Waals surface area contributed by atoms with E-state index < -0.39 is 0 Å². The molecule has 0 atom stereocenters. The highest BCUT2D eigenvalue weighted by Crippen LogP contribution is 2.40. The van der Waals surface area contributed by atoms with Crippen LogP contribution in [-0.2, 0) is 0 Å². The second kappa shape index (κ2) is 10.8. The van der Waals surface area contributed by atoms with Crippen molar-refractivity contribution in [1.82, 2.24) is 0 Å². The summed E-state index contributed by atoms with van der Waals surface area (Å²) in [4.78, 5) is 1.74. The highest BCUT2D eigenvalue weighted by molar-refractivity contribution is 5.97. The molecule has 6 rings (SSSR count). The fourth-order valence-corrected chi connectivity index (χ4v) is 5.43. The number of nitrogens with zero attached hydrogens (tertiary/aromatic N) is 1. The molecule has 1 nitrogen and oxygen atoms in total. The van der Waals surface area contributed by atoms with Gasteiger partial charge in [0.2, 0.25) is 0 Å². The number of halogens is 2.